The van der Waals surface area contributed by atoms with Gasteiger partial charge in [-0.1, -0.05) is 44.2 Å². The van der Waals surface area contributed by atoms with Crippen molar-refractivity contribution in [1.82, 2.24) is 9.80 Å². The molecule has 0 bridgehead atoms. The lowest BCUT2D eigenvalue weighted by molar-refractivity contribution is -0.175. The molecule has 188 valence electrons. The first-order chi connectivity index (χ1) is 16.8. The Morgan fingerprint density at radius 1 is 1.20 bits per heavy atom. The highest BCUT2D eigenvalue weighted by Gasteiger charge is 2.59. The van der Waals surface area contributed by atoms with Gasteiger partial charge in [-0.2, -0.15) is 0 Å². The van der Waals surface area contributed by atoms with Gasteiger partial charge in [-0.25, -0.2) is 9.59 Å². The lowest BCUT2D eigenvalue weighted by Gasteiger charge is -2.54. The smallest absolute Gasteiger partial charge is 0.411 e. The number of aryl methyl sites for hydroxylation is 1. The highest BCUT2D eigenvalue weighted by atomic mass is 16.6. The van der Waals surface area contributed by atoms with Crippen LogP contribution < -0.4 is 0 Å². The van der Waals surface area contributed by atoms with Crippen LogP contribution in [0.2, 0.25) is 0 Å². The Kier molecular flexibility index (Phi) is 7.16. The van der Waals surface area contributed by atoms with Crippen molar-refractivity contribution >= 4 is 18.0 Å². The number of likely N-dealkylation sites (tertiary alicyclic amines) is 1. The molecule has 1 aromatic carbocycles. The second-order valence-electron chi connectivity index (χ2n) is 9.85. The van der Waals surface area contributed by atoms with Crippen LogP contribution in [0.25, 0.3) is 0 Å². The van der Waals surface area contributed by atoms with E-state index in [4.69, 9.17) is 13.9 Å². The molecule has 35 heavy (non-hydrogen) atoms. The highest BCUT2D eigenvalue weighted by Crippen LogP contribution is 2.41. The van der Waals surface area contributed by atoms with Gasteiger partial charge in [0.05, 0.1) is 25.5 Å². The van der Waals surface area contributed by atoms with E-state index in [0.29, 0.717) is 12.8 Å². The fourth-order valence-corrected chi connectivity index (χ4v) is 4.97. The monoisotopic (exact) mass is 484 g/mol. The number of nitrogens with zero attached hydrogens (tertiary/aromatic N) is 2. The number of amides is 2. The van der Waals surface area contributed by atoms with Crippen LogP contribution >= 0.6 is 0 Å². The Morgan fingerprint density at radius 3 is 2.57 bits per heavy atom. The summed E-state index contributed by atoms with van der Waals surface area (Å²) >= 11 is 0. The van der Waals surface area contributed by atoms with Crippen molar-refractivity contribution in [3.63, 3.8) is 0 Å². The number of benzene rings is 1. The molecule has 0 radical (unpaired) electrons. The van der Waals surface area contributed by atoms with Gasteiger partial charge in [0.2, 0.25) is 5.91 Å². The zero-order chi connectivity index (χ0) is 25.2. The van der Waals surface area contributed by atoms with Gasteiger partial charge in [-0.3, -0.25) is 9.69 Å². The van der Waals surface area contributed by atoms with Crippen LogP contribution in [0.15, 0.2) is 53.1 Å². The third-order valence-corrected chi connectivity index (χ3v) is 6.87. The molecular weight excluding hydrogens is 452 g/mol. The number of furan rings is 1. The van der Waals surface area contributed by atoms with Gasteiger partial charge >= 0.3 is 12.1 Å². The maximum absolute atomic E-state index is 13.7. The van der Waals surface area contributed by atoms with Crippen LogP contribution in [-0.4, -0.2) is 71.3 Å². The summed E-state index contributed by atoms with van der Waals surface area (Å²) in [6.07, 6.45) is 2.25. The van der Waals surface area contributed by atoms with E-state index in [0.717, 1.165) is 11.3 Å². The van der Waals surface area contributed by atoms with Crippen molar-refractivity contribution < 1.29 is 33.4 Å². The number of β-lactam (4-membered cyclic amide) rings is 1. The molecular formula is C26H32N2O7. The third-order valence-electron chi connectivity index (χ3n) is 6.87. The SMILES string of the molecule is COC(=O)C(CC(C)(C)CO)N1C(=O)C(N2C(=O)OC[C@H]2c2ccccc2)C1CCc1ccco1. The molecule has 4 rings (SSSR count). The second kappa shape index (κ2) is 10.1. The number of carbonyl (C=O) groups excluding carboxylic acids is 3. The first-order valence-electron chi connectivity index (χ1n) is 11.8. The summed E-state index contributed by atoms with van der Waals surface area (Å²) in [5, 5.41) is 9.81. The molecule has 3 unspecified atom stereocenters. The number of aliphatic hydroxyl groups excluding tert-OH is 1. The minimum Gasteiger partial charge on any atom is -0.469 e. The minimum atomic E-state index is -0.888. The molecule has 9 heteroatoms. The van der Waals surface area contributed by atoms with Gasteiger partial charge in [-0.05, 0) is 36.0 Å². The summed E-state index contributed by atoms with van der Waals surface area (Å²) < 4.78 is 15.9. The number of cyclic esters (lactones) is 1. The van der Waals surface area contributed by atoms with Crippen LogP contribution in [0.4, 0.5) is 4.79 Å². The molecule has 2 amide bonds. The Bertz CT molecular complexity index is 1040. The van der Waals surface area contributed by atoms with Crippen LogP contribution in [-0.2, 0) is 25.5 Å². The normalized spacial score (nSPS) is 23.1. The fourth-order valence-electron chi connectivity index (χ4n) is 4.97. The van der Waals surface area contributed by atoms with Crippen molar-refractivity contribution in [2.24, 2.45) is 5.41 Å². The first-order valence-corrected chi connectivity index (χ1v) is 11.8. The molecule has 2 fully saturated rings. The molecule has 2 saturated heterocycles. The van der Waals surface area contributed by atoms with Crippen LogP contribution in [0.1, 0.15) is 44.1 Å². The van der Waals surface area contributed by atoms with Crippen molar-refractivity contribution in [2.45, 2.75) is 57.3 Å². The largest absolute Gasteiger partial charge is 0.469 e. The topological polar surface area (TPSA) is 110 Å². The predicted molar refractivity (Wildman–Crippen MR) is 125 cm³/mol. The van der Waals surface area contributed by atoms with E-state index < -0.39 is 41.6 Å². The predicted octanol–water partition coefficient (Wildman–Crippen LogP) is 2.94. The van der Waals surface area contributed by atoms with Gasteiger partial charge < -0.3 is 23.9 Å². The van der Waals surface area contributed by atoms with E-state index >= 15 is 0 Å². The highest BCUT2D eigenvalue weighted by molar-refractivity contribution is 5.96. The molecule has 1 N–H and O–H groups in total. The van der Waals surface area contributed by atoms with Crippen molar-refractivity contribution in [3.8, 4) is 0 Å². The quantitative estimate of drug-likeness (QED) is 0.408. The number of methoxy groups -OCH3 is 1. The number of ether oxygens (including phenoxy) is 2. The molecule has 3 heterocycles. The Labute approximate surface area is 204 Å². The summed E-state index contributed by atoms with van der Waals surface area (Å²) in [7, 11) is 1.28. The molecule has 0 saturated carbocycles. The number of aliphatic hydroxyl groups is 1. The summed E-state index contributed by atoms with van der Waals surface area (Å²) in [6.45, 7) is 3.64. The number of carbonyl (C=O) groups is 3. The lowest BCUT2D eigenvalue weighted by atomic mass is 9.80. The molecule has 2 aliphatic rings. The van der Waals surface area contributed by atoms with Crippen LogP contribution in [0, 0.1) is 5.41 Å². The molecule has 0 spiro atoms. The Morgan fingerprint density at radius 2 is 1.94 bits per heavy atom. The van der Waals surface area contributed by atoms with E-state index in [1.807, 2.05) is 50.2 Å². The maximum atomic E-state index is 13.7. The summed E-state index contributed by atoms with van der Waals surface area (Å²) in [6, 6.07) is 10.6. The molecule has 1 aromatic heterocycles. The molecule has 2 aliphatic heterocycles. The minimum absolute atomic E-state index is 0.148. The van der Waals surface area contributed by atoms with E-state index in [-0.39, 0.29) is 25.5 Å². The van der Waals surface area contributed by atoms with Crippen molar-refractivity contribution in [1.29, 1.82) is 0 Å². The standard InChI is InChI=1S/C26H32N2O7/c1-26(2,16-29)14-20(24(31)33-3)27-19(12-11-18-10-7-13-34-18)22(23(27)30)28-21(15-35-25(28)32)17-8-5-4-6-9-17/h4-10,13,19-22,29H,11-12,14-16H2,1-3H3/t19?,20?,21-,22?/m0/s1. The van der Waals surface area contributed by atoms with Crippen molar-refractivity contribution in [3.05, 3.63) is 60.1 Å². The second-order valence-corrected chi connectivity index (χ2v) is 9.85. The summed E-state index contributed by atoms with van der Waals surface area (Å²) in [5.41, 5.74) is 0.259. The first kappa shape index (κ1) is 24.8. The van der Waals surface area contributed by atoms with Gasteiger partial charge in [0.15, 0.2) is 0 Å². The van der Waals surface area contributed by atoms with E-state index in [1.165, 1.54) is 16.9 Å². The van der Waals surface area contributed by atoms with Gasteiger partial charge in [0, 0.05) is 13.0 Å². The van der Waals surface area contributed by atoms with Crippen LogP contribution in [0.5, 0.6) is 0 Å². The molecule has 0 aliphatic carbocycles. The average molecular weight is 485 g/mol. The van der Waals surface area contributed by atoms with Gasteiger partial charge in [-0.15, -0.1) is 0 Å². The molecule has 4 atom stereocenters. The average Bonchev–Trinajstić information content (AvgIpc) is 3.51. The molecule has 2 aromatic rings. The zero-order valence-corrected chi connectivity index (χ0v) is 20.3. The van der Waals surface area contributed by atoms with Gasteiger partial charge in [0.25, 0.3) is 0 Å². The van der Waals surface area contributed by atoms with Crippen LogP contribution in [0.3, 0.4) is 0 Å². The van der Waals surface area contributed by atoms with E-state index in [9.17, 15) is 19.5 Å². The molecule has 9 nitrogen and oxygen atoms in total. The fraction of sp³-hybridized carbons (Fsp3) is 0.500. The number of rotatable bonds is 10. The Hall–Kier alpha value is -3.33. The van der Waals surface area contributed by atoms with E-state index in [1.54, 1.807) is 12.3 Å². The van der Waals surface area contributed by atoms with E-state index in [2.05, 4.69) is 0 Å². The zero-order valence-electron chi connectivity index (χ0n) is 20.3. The number of hydrogen-bond acceptors (Lipinski definition) is 7. The number of esters is 1. The van der Waals surface area contributed by atoms with Gasteiger partial charge in [0.1, 0.15) is 24.5 Å². The third kappa shape index (κ3) is 4.91. The lowest BCUT2D eigenvalue weighted by Crippen LogP contribution is -2.74. The van der Waals surface area contributed by atoms with Crippen molar-refractivity contribution in [2.75, 3.05) is 20.3 Å². The maximum Gasteiger partial charge on any atom is 0.411 e. The summed E-state index contributed by atoms with van der Waals surface area (Å²) in [4.78, 5) is 42.4. The Balaban J connectivity index is 1.66. The number of hydrogen-bond donors (Lipinski definition) is 1. The summed E-state index contributed by atoms with van der Waals surface area (Å²) in [5.74, 6) is -0.139.